The number of rotatable bonds is 9. The zero-order chi connectivity index (χ0) is 14.3. The Bertz CT molecular complexity index is 288. The largest absolute Gasteiger partial charge is 0.481 e. The molecule has 0 aliphatic heterocycles. The second kappa shape index (κ2) is 7.89. The van der Waals surface area contributed by atoms with Gasteiger partial charge in [-0.1, -0.05) is 0 Å². The highest BCUT2D eigenvalue weighted by atomic mass is 31.2. The van der Waals surface area contributed by atoms with E-state index in [9.17, 15) is 9.36 Å². The normalized spacial score (nSPS) is 14.2. The fourth-order valence-corrected chi connectivity index (χ4v) is 3.86. The van der Waals surface area contributed by atoms with Crippen LogP contribution in [0.1, 0.15) is 34.1 Å². The Morgan fingerprint density at radius 3 is 1.89 bits per heavy atom. The molecule has 0 radical (unpaired) electrons. The lowest BCUT2D eigenvalue weighted by Crippen LogP contribution is -2.22. The number of carboxylic acid groups (broad SMARTS) is 1. The second-order valence-electron chi connectivity index (χ2n) is 4.65. The van der Waals surface area contributed by atoms with Crippen LogP contribution in [0.5, 0.6) is 0 Å². The molecular weight excluding hydrogens is 259 g/mol. The highest BCUT2D eigenvalue weighted by Gasteiger charge is 2.34. The number of aliphatic hydroxyl groups is 1. The van der Waals surface area contributed by atoms with Crippen LogP contribution >= 0.6 is 7.60 Å². The lowest BCUT2D eigenvalue weighted by molar-refractivity contribution is -0.141. The van der Waals surface area contributed by atoms with Crippen molar-refractivity contribution in [1.82, 2.24) is 0 Å². The first-order chi connectivity index (χ1) is 8.20. The van der Waals surface area contributed by atoms with E-state index in [0.29, 0.717) is 0 Å². The van der Waals surface area contributed by atoms with Gasteiger partial charge in [0.15, 0.2) is 0 Å². The van der Waals surface area contributed by atoms with Crippen molar-refractivity contribution in [2.24, 2.45) is 5.92 Å². The first-order valence-electron chi connectivity index (χ1n) is 5.99. The van der Waals surface area contributed by atoms with E-state index in [-0.39, 0.29) is 31.4 Å². The van der Waals surface area contributed by atoms with Gasteiger partial charge in [0.25, 0.3) is 0 Å². The first-order valence-corrected chi connectivity index (χ1v) is 7.72. The monoisotopic (exact) mass is 282 g/mol. The highest BCUT2D eigenvalue weighted by Crippen LogP contribution is 2.52. The summed E-state index contributed by atoms with van der Waals surface area (Å²) in [4.78, 5) is 11.0. The standard InChI is InChI=1S/C11H23O6P/c1-8(2)16-18(15,17-9(3)4)7-10(5-6-12)11(13)14/h8-10,12H,5-7H2,1-4H3,(H,13,14). The molecule has 0 amide bonds. The molecule has 0 heterocycles. The number of carbonyl (C=O) groups is 1. The summed E-state index contributed by atoms with van der Waals surface area (Å²) in [5, 5.41) is 17.8. The van der Waals surface area contributed by atoms with Gasteiger partial charge in [-0.3, -0.25) is 9.36 Å². The molecule has 0 saturated heterocycles. The van der Waals surface area contributed by atoms with Crippen LogP contribution in [0.15, 0.2) is 0 Å². The number of carboxylic acids is 1. The molecule has 0 aromatic heterocycles. The van der Waals surface area contributed by atoms with E-state index < -0.39 is 19.5 Å². The van der Waals surface area contributed by atoms with Crippen molar-refractivity contribution in [2.45, 2.75) is 46.3 Å². The van der Waals surface area contributed by atoms with Crippen molar-refractivity contribution in [3.8, 4) is 0 Å². The molecule has 6 nitrogen and oxygen atoms in total. The molecule has 0 saturated carbocycles. The van der Waals surface area contributed by atoms with Crippen molar-refractivity contribution in [3.63, 3.8) is 0 Å². The molecule has 0 rings (SSSR count). The zero-order valence-electron chi connectivity index (χ0n) is 11.3. The maximum atomic E-state index is 12.4. The number of aliphatic carboxylic acids is 1. The second-order valence-corrected chi connectivity index (χ2v) is 6.66. The minimum absolute atomic E-state index is 0.0300. The van der Waals surface area contributed by atoms with E-state index >= 15 is 0 Å². The van der Waals surface area contributed by atoms with E-state index in [1.165, 1.54) is 0 Å². The lowest BCUT2D eigenvalue weighted by atomic mass is 10.1. The summed E-state index contributed by atoms with van der Waals surface area (Å²) in [6.45, 7) is 6.55. The Kier molecular flexibility index (Phi) is 7.71. The minimum atomic E-state index is -3.46. The third-order valence-corrected chi connectivity index (χ3v) is 4.39. The van der Waals surface area contributed by atoms with Crippen molar-refractivity contribution >= 4 is 13.6 Å². The minimum Gasteiger partial charge on any atom is -0.481 e. The smallest absolute Gasteiger partial charge is 0.332 e. The van der Waals surface area contributed by atoms with E-state index in [1.54, 1.807) is 27.7 Å². The van der Waals surface area contributed by atoms with Gasteiger partial charge in [-0.05, 0) is 34.1 Å². The van der Waals surface area contributed by atoms with Crippen molar-refractivity contribution < 1.29 is 28.6 Å². The third kappa shape index (κ3) is 7.11. The van der Waals surface area contributed by atoms with E-state index in [1.807, 2.05) is 0 Å². The predicted octanol–water partition coefficient (Wildman–Crippen LogP) is 2.11. The maximum Gasteiger partial charge on any atom is 0.332 e. The molecule has 0 aromatic rings. The molecule has 0 aliphatic rings. The highest BCUT2D eigenvalue weighted by molar-refractivity contribution is 7.53. The average molecular weight is 282 g/mol. The fourth-order valence-electron chi connectivity index (χ4n) is 1.47. The Morgan fingerprint density at radius 1 is 1.17 bits per heavy atom. The van der Waals surface area contributed by atoms with Crippen LogP contribution in [0.3, 0.4) is 0 Å². The van der Waals surface area contributed by atoms with Gasteiger partial charge in [-0.2, -0.15) is 0 Å². The zero-order valence-corrected chi connectivity index (χ0v) is 12.2. The van der Waals surface area contributed by atoms with E-state index in [4.69, 9.17) is 19.3 Å². The van der Waals surface area contributed by atoms with E-state index in [0.717, 1.165) is 0 Å². The molecule has 0 fully saturated rings. The SMILES string of the molecule is CC(C)OP(=O)(CC(CCO)C(=O)O)OC(C)C. The molecule has 0 aliphatic carbocycles. The predicted molar refractivity (Wildman–Crippen MR) is 67.7 cm³/mol. The molecule has 1 unspecified atom stereocenters. The van der Waals surface area contributed by atoms with Gasteiger partial charge in [-0.15, -0.1) is 0 Å². The van der Waals surface area contributed by atoms with Gasteiger partial charge in [0.1, 0.15) is 0 Å². The maximum absolute atomic E-state index is 12.4. The van der Waals surface area contributed by atoms with Gasteiger partial charge >= 0.3 is 13.6 Å². The van der Waals surface area contributed by atoms with Crippen LogP contribution in [0.25, 0.3) is 0 Å². The third-order valence-electron chi connectivity index (χ3n) is 2.01. The molecule has 0 aromatic carbocycles. The summed E-state index contributed by atoms with van der Waals surface area (Å²) in [6, 6.07) is 0. The number of aliphatic hydroxyl groups excluding tert-OH is 1. The van der Waals surface area contributed by atoms with Gasteiger partial charge in [0.2, 0.25) is 0 Å². The van der Waals surface area contributed by atoms with Crippen LogP contribution in [0.2, 0.25) is 0 Å². The Hall–Kier alpha value is -0.420. The Morgan fingerprint density at radius 2 is 1.61 bits per heavy atom. The molecule has 108 valence electrons. The molecule has 7 heteroatoms. The van der Waals surface area contributed by atoms with Crippen LogP contribution in [0, 0.1) is 5.92 Å². The Labute approximate surface area is 108 Å². The number of hydrogen-bond acceptors (Lipinski definition) is 5. The van der Waals surface area contributed by atoms with Crippen molar-refractivity contribution in [2.75, 3.05) is 12.8 Å². The van der Waals surface area contributed by atoms with Gasteiger partial charge in [0, 0.05) is 6.61 Å². The summed E-state index contributed by atoms with van der Waals surface area (Å²) in [5.74, 6) is -2.04. The molecular formula is C11H23O6P. The van der Waals surface area contributed by atoms with Crippen molar-refractivity contribution in [1.29, 1.82) is 0 Å². The van der Waals surface area contributed by atoms with Gasteiger partial charge in [-0.25, -0.2) is 0 Å². The van der Waals surface area contributed by atoms with Crippen LogP contribution < -0.4 is 0 Å². The van der Waals surface area contributed by atoms with Gasteiger partial charge < -0.3 is 19.3 Å². The summed E-state index contributed by atoms with van der Waals surface area (Å²) in [7, 11) is -3.46. The summed E-state index contributed by atoms with van der Waals surface area (Å²) in [6.07, 6.45) is -0.835. The molecule has 1 atom stereocenters. The first kappa shape index (κ1) is 17.6. The lowest BCUT2D eigenvalue weighted by Gasteiger charge is -2.25. The molecule has 18 heavy (non-hydrogen) atoms. The summed E-state index contributed by atoms with van der Waals surface area (Å²) < 4.78 is 23.0. The van der Waals surface area contributed by atoms with Crippen LogP contribution in [-0.2, 0) is 18.4 Å². The van der Waals surface area contributed by atoms with E-state index in [2.05, 4.69) is 0 Å². The average Bonchev–Trinajstić information content (AvgIpc) is 2.13. The van der Waals surface area contributed by atoms with Crippen LogP contribution in [-0.4, -0.2) is 41.2 Å². The molecule has 2 N–H and O–H groups in total. The van der Waals surface area contributed by atoms with Crippen molar-refractivity contribution in [3.05, 3.63) is 0 Å². The Balaban J connectivity index is 4.84. The number of hydrogen-bond donors (Lipinski definition) is 2. The quantitative estimate of drug-likeness (QED) is 0.629. The molecule has 0 bridgehead atoms. The van der Waals surface area contributed by atoms with Crippen LogP contribution in [0.4, 0.5) is 0 Å². The van der Waals surface area contributed by atoms with Gasteiger partial charge in [0.05, 0.1) is 24.3 Å². The topological polar surface area (TPSA) is 93.1 Å². The summed E-state index contributed by atoms with van der Waals surface area (Å²) >= 11 is 0. The molecule has 0 spiro atoms. The summed E-state index contributed by atoms with van der Waals surface area (Å²) in [5.41, 5.74) is 0. The fraction of sp³-hybridized carbons (Fsp3) is 0.909.